The van der Waals surface area contributed by atoms with Crippen molar-refractivity contribution in [2.45, 2.75) is 13.3 Å². The highest BCUT2D eigenvalue weighted by atomic mass is 16.5. The van der Waals surface area contributed by atoms with Crippen molar-refractivity contribution in [1.82, 2.24) is 4.90 Å². The summed E-state index contributed by atoms with van der Waals surface area (Å²) in [6, 6.07) is 0. The van der Waals surface area contributed by atoms with E-state index in [9.17, 15) is 0 Å². The predicted molar refractivity (Wildman–Crippen MR) is 69.9 cm³/mol. The van der Waals surface area contributed by atoms with Crippen molar-refractivity contribution >= 4 is 0 Å². The lowest BCUT2D eigenvalue weighted by molar-refractivity contribution is 0.299. The molecular weight excluding hydrogens is 200 g/mol. The number of rotatable bonds is 7. The van der Waals surface area contributed by atoms with Crippen molar-refractivity contribution in [3.05, 3.63) is 36.3 Å². The van der Waals surface area contributed by atoms with Crippen LogP contribution in [0.1, 0.15) is 13.3 Å². The van der Waals surface area contributed by atoms with Gasteiger partial charge < -0.3 is 15.4 Å². The van der Waals surface area contributed by atoms with E-state index in [0.717, 1.165) is 18.5 Å². The topological polar surface area (TPSA) is 38.5 Å². The Morgan fingerprint density at radius 3 is 2.38 bits per heavy atom. The van der Waals surface area contributed by atoms with Crippen LogP contribution in [0.5, 0.6) is 0 Å². The van der Waals surface area contributed by atoms with E-state index < -0.39 is 0 Å². The second-order valence-electron chi connectivity index (χ2n) is 4.31. The lowest BCUT2D eigenvalue weighted by atomic mass is 9.98. The van der Waals surface area contributed by atoms with Crippen molar-refractivity contribution < 1.29 is 4.74 Å². The summed E-state index contributed by atoms with van der Waals surface area (Å²) in [5.74, 6) is 1.01. The molecule has 0 aromatic rings. The summed E-state index contributed by atoms with van der Waals surface area (Å²) in [6.07, 6.45) is 2.93. The first-order valence-electron chi connectivity index (χ1n) is 5.42. The highest BCUT2D eigenvalue weighted by Gasteiger charge is 2.07. The zero-order valence-corrected chi connectivity index (χ0v) is 10.9. The quantitative estimate of drug-likeness (QED) is 0.532. The molecule has 2 N–H and O–H groups in total. The van der Waals surface area contributed by atoms with Gasteiger partial charge in [0.1, 0.15) is 5.76 Å². The fraction of sp³-hybridized carbons (Fsp3) is 0.538. The van der Waals surface area contributed by atoms with Gasteiger partial charge in [-0.25, -0.2) is 0 Å². The third-order valence-electron chi connectivity index (χ3n) is 2.50. The van der Waals surface area contributed by atoms with Crippen LogP contribution in [0.2, 0.25) is 0 Å². The van der Waals surface area contributed by atoms with E-state index in [1.54, 1.807) is 7.11 Å². The molecule has 92 valence electrons. The molecule has 0 aromatic heterocycles. The molecule has 3 heteroatoms. The number of nitrogens with zero attached hydrogens (tertiary/aromatic N) is 1. The largest absolute Gasteiger partial charge is 0.495 e. The molecule has 0 saturated heterocycles. The van der Waals surface area contributed by atoms with E-state index >= 15 is 0 Å². The molecule has 0 rings (SSSR count). The van der Waals surface area contributed by atoms with Crippen LogP contribution in [0.25, 0.3) is 0 Å². The zero-order valence-electron chi connectivity index (χ0n) is 10.9. The van der Waals surface area contributed by atoms with Crippen LogP contribution in [-0.2, 0) is 4.74 Å². The first kappa shape index (κ1) is 14.8. The maximum absolute atomic E-state index is 5.58. The van der Waals surface area contributed by atoms with Crippen molar-refractivity contribution in [3.63, 3.8) is 0 Å². The molecule has 1 unspecified atom stereocenters. The van der Waals surface area contributed by atoms with Crippen LogP contribution in [0.3, 0.4) is 0 Å². The molecule has 0 aromatic carbocycles. The lowest BCUT2D eigenvalue weighted by Crippen LogP contribution is -2.16. The Kier molecular flexibility index (Phi) is 6.58. The number of hydrogen-bond donors (Lipinski definition) is 1. The number of hydrogen-bond acceptors (Lipinski definition) is 3. The molecule has 0 bridgehead atoms. The van der Waals surface area contributed by atoms with Gasteiger partial charge in [0.25, 0.3) is 0 Å². The summed E-state index contributed by atoms with van der Waals surface area (Å²) < 4.78 is 5.12. The number of allylic oxidation sites excluding steroid dienone is 2. The molecule has 0 amide bonds. The lowest BCUT2D eigenvalue weighted by Gasteiger charge is -2.16. The Labute approximate surface area is 99.3 Å². The highest BCUT2D eigenvalue weighted by molar-refractivity contribution is 5.29. The molecule has 0 heterocycles. The minimum atomic E-state index is 0.409. The SMILES string of the molecule is C=C(N)/C(=C\C(=C)C(C)CCN(C)C)OC. The second-order valence-corrected chi connectivity index (χ2v) is 4.31. The molecular formula is C13H24N2O. The number of nitrogens with two attached hydrogens (primary N) is 1. The second kappa shape index (κ2) is 7.12. The van der Waals surface area contributed by atoms with Gasteiger partial charge in [0.2, 0.25) is 0 Å². The predicted octanol–water partition coefficient (Wildman–Crippen LogP) is 2.13. The Balaban J connectivity index is 4.38. The molecule has 1 atom stereocenters. The first-order chi connectivity index (χ1) is 7.38. The van der Waals surface area contributed by atoms with E-state index in [1.807, 2.05) is 6.08 Å². The standard InChI is InChI=1S/C13H24N2O/c1-10(7-8-15(4)5)11(2)9-13(16-6)12(3)14/h9-10H,2-3,7-8,14H2,1,4-6H3/b13-9+. The minimum Gasteiger partial charge on any atom is -0.495 e. The summed E-state index contributed by atoms with van der Waals surface area (Å²) in [7, 11) is 5.71. The zero-order chi connectivity index (χ0) is 12.7. The van der Waals surface area contributed by atoms with Gasteiger partial charge >= 0.3 is 0 Å². The number of methoxy groups -OCH3 is 1. The first-order valence-corrected chi connectivity index (χ1v) is 5.42. The summed E-state index contributed by atoms with van der Waals surface area (Å²) in [5.41, 5.74) is 7.03. The van der Waals surface area contributed by atoms with E-state index in [4.69, 9.17) is 10.5 Å². The fourth-order valence-electron chi connectivity index (χ4n) is 1.23. The average molecular weight is 224 g/mol. The molecule has 0 aliphatic carbocycles. The van der Waals surface area contributed by atoms with Gasteiger partial charge in [-0.3, -0.25) is 0 Å². The molecule has 0 radical (unpaired) electrons. The Hall–Kier alpha value is -1.22. The van der Waals surface area contributed by atoms with Gasteiger partial charge in [0, 0.05) is 0 Å². The van der Waals surface area contributed by atoms with E-state index in [0.29, 0.717) is 17.4 Å². The van der Waals surface area contributed by atoms with Crippen LogP contribution < -0.4 is 5.73 Å². The van der Waals surface area contributed by atoms with E-state index in [1.165, 1.54) is 0 Å². The van der Waals surface area contributed by atoms with Gasteiger partial charge in [-0.1, -0.05) is 20.1 Å². The Bertz CT molecular complexity index is 280. The van der Waals surface area contributed by atoms with Gasteiger partial charge in [-0.15, -0.1) is 0 Å². The summed E-state index contributed by atoms with van der Waals surface area (Å²) >= 11 is 0. The minimum absolute atomic E-state index is 0.409. The molecule has 3 nitrogen and oxygen atoms in total. The molecule has 0 aliphatic heterocycles. The van der Waals surface area contributed by atoms with Crippen molar-refractivity contribution in [2.24, 2.45) is 11.7 Å². The smallest absolute Gasteiger partial charge is 0.141 e. The van der Waals surface area contributed by atoms with Crippen LogP contribution in [0.15, 0.2) is 36.3 Å². The van der Waals surface area contributed by atoms with Crippen LogP contribution >= 0.6 is 0 Å². The Morgan fingerprint density at radius 2 is 2.00 bits per heavy atom. The van der Waals surface area contributed by atoms with Crippen LogP contribution in [0.4, 0.5) is 0 Å². The summed E-state index contributed by atoms with van der Waals surface area (Å²) in [6.45, 7) is 10.9. The molecule has 0 spiro atoms. The van der Waals surface area contributed by atoms with Crippen LogP contribution in [0, 0.1) is 5.92 Å². The van der Waals surface area contributed by atoms with Gasteiger partial charge in [-0.05, 0) is 44.6 Å². The van der Waals surface area contributed by atoms with Gasteiger partial charge in [-0.2, -0.15) is 0 Å². The number of ether oxygens (including phenoxy) is 1. The summed E-state index contributed by atoms with van der Waals surface area (Å²) in [4.78, 5) is 2.16. The van der Waals surface area contributed by atoms with Crippen molar-refractivity contribution in [3.8, 4) is 0 Å². The van der Waals surface area contributed by atoms with Gasteiger partial charge in [0.05, 0.1) is 12.8 Å². The maximum atomic E-state index is 5.58. The van der Waals surface area contributed by atoms with Crippen LogP contribution in [-0.4, -0.2) is 32.6 Å². The van der Waals surface area contributed by atoms with Crippen molar-refractivity contribution in [1.29, 1.82) is 0 Å². The normalized spacial score (nSPS) is 13.7. The van der Waals surface area contributed by atoms with Gasteiger partial charge in [0.15, 0.2) is 0 Å². The molecule has 0 fully saturated rings. The third kappa shape index (κ3) is 5.61. The molecule has 0 aliphatic rings. The maximum Gasteiger partial charge on any atom is 0.141 e. The molecule has 16 heavy (non-hydrogen) atoms. The fourth-order valence-corrected chi connectivity index (χ4v) is 1.23. The van der Waals surface area contributed by atoms with Crippen molar-refractivity contribution in [2.75, 3.05) is 27.7 Å². The Morgan fingerprint density at radius 1 is 1.44 bits per heavy atom. The van der Waals surface area contributed by atoms with E-state index in [-0.39, 0.29) is 0 Å². The highest BCUT2D eigenvalue weighted by Crippen LogP contribution is 2.17. The summed E-state index contributed by atoms with van der Waals surface area (Å²) in [5, 5.41) is 0. The van der Waals surface area contributed by atoms with E-state index in [2.05, 4.69) is 39.1 Å². The molecule has 0 saturated carbocycles. The third-order valence-corrected chi connectivity index (χ3v) is 2.50. The monoisotopic (exact) mass is 224 g/mol. The average Bonchev–Trinajstić information content (AvgIpc) is 2.21.